The fourth-order valence-electron chi connectivity index (χ4n) is 1.33. The zero-order chi connectivity index (χ0) is 10.1. The molecule has 2 rings (SSSR count). The molecular formula is C10H6INS2. The number of thiophene rings is 1. The van der Waals surface area contributed by atoms with Gasteiger partial charge in [-0.3, -0.25) is 0 Å². The van der Waals surface area contributed by atoms with Crippen LogP contribution in [0.5, 0.6) is 0 Å². The van der Waals surface area contributed by atoms with Crippen LogP contribution in [0.2, 0.25) is 0 Å². The van der Waals surface area contributed by atoms with Gasteiger partial charge in [0.1, 0.15) is 6.07 Å². The van der Waals surface area contributed by atoms with Crippen LogP contribution in [-0.4, -0.2) is 6.26 Å². The molecule has 0 amide bonds. The third-order valence-electron chi connectivity index (χ3n) is 1.95. The summed E-state index contributed by atoms with van der Waals surface area (Å²) in [4.78, 5) is 1.07. The number of hydrogen-bond acceptors (Lipinski definition) is 3. The molecule has 0 fully saturated rings. The van der Waals surface area contributed by atoms with Gasteiger partial charge in [0, 0.05) is 4.90 Å². The third-order valence-corrected chi connectivity index (χ3v) is 4.66. The molecule has 14 heavy (non-hydrogen) atoms. The lowest BCUT2D eigenvalue weighted by molar-refractivity contribution is 1.42. The van der Waals surface area contributed by atoms with Crippen molar-refractivity contribution in [2.45, 2.75) is 4.90 Å². The Bertz CT molecular complexity index is 525. The van der Waals surface area contributed by atoms with Gasteiger partial charge in [0.05, 0.1) is 13.1 Å². The van der Waals surface area contributed by atoms with E-state index in [0.29, 0.717) is 0 Å². The van der Waals surface area contributed by atoms with E-state index in [0.717, 1.165) is 15.2 Å². The Morgan fingerprint density at radius 2 is 2.29 bits per heavy atom. The largest absolute Gasteiger partial charge is 0.192 e. The molecule has 0 aliphatic heterocycles. The third kappa shape index (κ3) is 1.64. The van der Waals surface area contributed by atoms with Crippen molar-refractivity contribution in [1.82, 2.24) is 0 Å². The van der Waals surface area contributed by atoms with Crippen LogP contribution in [0.3, 0.4) is 0 Å². The zero-order valence-electron chi connectivity index (χ0n) is 7.37. The molecule has 1 aromatic heterocycles. The van der Waals surface area contributed by atoms with Gasteiger partial charge in [-0.2, -0.15) is 5.26 Å². The number of nitriles is 1. The summed E-state index contributed by atoms with van der Waals surface area (Å²) in [5, 5.41) is 10.3. The first-order chi connectivity index (χ1) is 6.76. The normalized spacial score (nSPS) is 10.4. The van der Waals surface area contributed by atoms with Gasteiger partial charge >= 0.3 is 0 Å². The van der Waals surface area contributed by atoms with Crippen LogP contribution in [0.4, 0.5) is 0 Å². The molecule has 2 aromatic rings. The van der Waals surface area contributed by atoms with Crippen LogP contribution in [0, 0.1) is 14.2 Å². The first-order valence-corrected chi connectivity index (χ1v) is 7.04. The van der Waals surface area contributed by atoms with Gasteiger partial charge in [-0.25, -0.2) is 0 Å². The Hall–Kier alpha value is -0.250. The smallest absolute Gasteiger partial charge is 0.102 e. The van der Waals surface area contributed by atoms with Gasteiger partial charge in [0.15, 0.2) is 0 Å². The maximum absolute atomic E-state index is 9.10. The van der Waals surface area contributed by atoms with E-state index in [1.165, 1.54) is 8.27 Å². The lowest BCUT2D eigenvalue weighted by atomic mass is 10.2. The summed E-state index contributed by atoms with van der Waals surface area (Å²) in [5.41, 5.74) is 0.822. The van der Waals surface area contributed by atoms with Crippen LogP contribution in [-0.2, 0) is 0 Å². The van der Waals surface area contributed by atoms with Crippen LogP contribution in [0.1, 0.15) is 5.56 Å². The van der Waals surface area contributed by atoms with Crippen molar-refractivity contribution in [3.8, 4) is 6.07 Å². The lowest BCUT2D eigenvalue weighted by Gasteiger charge is -1.99. The minimum atomic E-state index is 0.822. The minimum absolute atomic E-state index is 0.822. The summed E-state index contributed by atoms with van der Waals surface area (Å²) in [6.07, 6.45) is 2.00. The second-order valence-electron chi connectivity index (χ2n) is 2.72. The van der Waals surface area contributed by atoms with Crippen molar-refractivity contribution >= 4 is 55.8 Å². The summed E-state index contributed by atoms with van der Waals surface area (Å²) < 4.78 is 2.34. The molecule has 0 N–H and O–H groups in total. The molecule has 0 spiro atoms. The average molecular weight is 331 g/mol. The van der Waals surface area contributed by atoms with Crippen molar-refractivity contribution in [2.75, 3.05) is 6.26 Å². The van der Waals surface area contributed by atoms with Gasteiger partial charge in [-0.1, -0.05) is 6.07 Å². The van der Waals surface area contributed by atoms with Crippen LogP contribution < -0.4 is 0 Å². The van der Waals surface area contributed by atoms with E-state index >= 15 is 0 Å². The predicted molar refractivity (Wildman–Crippen MR) is 71.0 cm³/mol. The second-order valence-corrected chi connectivity index (χ2v) is 6.52. The van der Waals surface area contributed by atoms with Gasteiger partial charge < -0.3 is 0 Å². The minimum Gasteiger partial charge on any atom is -0.192 e. The highest BCUT2D eigenvalue weighted by Gasteiger charge is 2.09. The molecule has 0 atom stereocenters. The first-order valence-electron chi connectivity index (χ1n) is 3.92. The van der Waals surface area contributed by atoms with Gasteiger partial charge in [0.25, 0.3) is 0 Å². The number of nitrogens with zero attached hydrogens (tertiary/aromatic N) is 1. The molecule has 70 valence electrons. The number of halogens is 1. The van der Waals surface area contributed by atoms with E-state index in [1.54, 1.807) is 23.1 Å². The molecule has 4 heteroatoms. The molecule has 0 bridgehead atoms. The van der Waals surface area contributed by atoms with Crippen molar-refractivity contribution in [3.63, 3.8) is 0 Å². The maximum atomic E-state index is 9.10. The molecule has 0 aliphatic carbocycles. The zero-order valence-corrected chi connectivity index (χ0v) is 11.2. The van der Waals surface area contributed by atoms with Gasteiger partial charge in [0.2, 0.25) is 0 Å². The molecular weight excluding hydrogens is 325 g/mol. The quantitative estimate of drug-likeness (QED) is 0.580. The molecule has 0 aliphatic rings. The summed E-state index contributed by atoms with van der Waals surface area (Å²) >= 11 is 5.60. The van der Waals surface area contributed by atoms with E-state index in [9.17, 15) is 0 Å². The van der Waals surface area contributed by atoms with E-state index < -0.39 is 0 Å². The Morgan fingerprint density at radius 1 is 1.50 bits per heavy atom. The number of rotatable bonds is 1. The predicted octanol–water partition coefficient (Wildman–Crippen LogP) is 4.10. The maximum Gasteiger partial charge on any atom is 0.102 e. The monoisotopic (exact) mass is 331 g/mol. The molecule has 1 heterocycles. The fraction of sp³-hybridized carbons (Fsp3) is 0.100. The molecule has 0 radical (unpaired) electrons. The van der Waals surface area contributed by atoms with Gasteiger partial charge in [-0.15, -0.1) is 23.1 Å². The number of thioether (sulfide) groups is 1. The topological polar surface area (TPSA) is 23.8 Å². The standard InChI is InChI=1S/C10H6INS2/c1-13-8-3-2-6-4-9(11)14-10(6)7(8)5-12/h2-4H,1H3. The second kappa shape index (κ2) is 4.09. The molecule has 0 saturated carbocycles. The van der Waals surface area contributed by atoms with Crippen molar-refractivity contribution in [3.05, 3.63) is 26.6 Å². The Balaban J connectivity index is 2.84. The van der Waals surface area contributed by atoms with Gasteiger partial charge in [-0.05, 0) is 46.4 Å². The van der Waals surface area contributed by atoms with Crippen molar-refractivity contribution in [1.29, 1.82) is 5.26 Å². The van der Waals surface area contributed by atoms with Crippen LogP contribution in [0.25, 0.3) is 10.1 Å². The number of benzene rings is 1. The highest BCUT2D eigenvalue weighted by Crippen LogP contribution is 2.34. The summed E-state index contributed by atoms with van der Waals surface area (Å²) in [5.74, 6) is 0. The molecule has 0 saturated heterocycles. The van der Waals surface area contributed by atoms with Crippen LogP contribution >= 0.6 is 45.7 Å². The first kappa shape index (κ1) is 10.3. The molecule has 0 unspecified atom stereocenters. The SMILES string of the molecule is CSc1ccc2cc(I)sc2c1C#N. The Morgan fingerprint density at radius 3 is 2.93 bits per heavy atom. The summed E-state index contributed by atoms with van der Waals surface area (Å²) in [6, 6.07) is 8.51. The van der Waals surface area contributed by atoms with E-state index in [4.69, 9.17) is 5.26 Å². The van der Waals surface area contributed by atoms with E-state index in [1.807, 2.05) is 12.3 Å². The van der Waals surface area contributed by atoms with Crippen molar-refractivity contribution < 1.29 is 0 Å². The van der Waals surface area contributed by atoms with E-state index in [2.05, 4.69) is 40.8 Å². The number of fused-ring (bicyclic) bond motifs is 1. The lowest BCUT2D eigenvalue weighted by Crippen LogP contribution is -1.79. The van der Waals surface area contributed by atoms with Crippen molar-refractivity contribution in [2.24, 2.45) is 0 Å². The highest BCUT2D eigenvalue weighted by atomic mass is 127. The fourth-order valence-corrected chi connectivity index (χ4v) is 3.83. The highest BCUT2D eigenvalue weighted by molar-refractivity contribution is 14.1. The Kier molecular flexibility index (Phi) is 3.00. The molecule has 1 aromatic carbocycles. The average Bonchev–Trinajstić information content (AvgIpc) is 2.56. The van der Waals surface area contributed by atoms with Crippen LogP contribution in [0.15, 0.2) is 23.1 Å². The number of hydrogen-bond donors (Lipinski definition) is 0. The summed E-state index contributed by atoms with van der Waals surface area (Å²) in [7, 11) is 0. The van der Waals surface area contributed by atoms with E-state index in [-0.39, 0.29) is 0 Å². The Labute approximate surface area is 104 Å². The molecule has 1 nitrogen and oxygen atoms in total. The summed E-state index contributed by atoms with van der Waals surface area (Å²) in [6.45, 7) is 0.